The van der Waals surface area contributed by atoms with Gasteiger partial charge in [0.15, 0.2) is 17.4 Å². The van der Waals surface area contributed by atoms with E-state index in [0.29, 0.717) is 38.2 Å². The van der Waals surface area contributed by atoms with E-state index in [1.165, 1.54) is 0 Å². The summed E-state index contributed by atoms with van der Waals surface area (Å²) in [5.74, 6) is -2.22. The fourth-order valence-corrected chi connectivity index (χ4v) is 4.70. The van der Waals surface area contributed by atoms with Gasteiger partial charge in [0.25, 0.3) is 0 Å². The maximum absolute atomic E-state index is 14.7. The van der Waals surface area contributed by atoms with Gasteiger partial charge in [0.1, 0.15) is 17.4 Å². The number of fused-ring (bicyclic) bond motifs is 3. The molecule has 2 aromatic carbocycles. The predicted molar refractivity (Wildman–Crippen MR) is 125 cm³/mol. The number of benzene rings is 2. The zero-order chi connectivity index (χ0) is 26.3. The van der Waals surface area contributed by atoms with E-state index in [0.717, 1.165) is 30.7 Å². The largest absolute Gasteiger partial charge is 0.451 e. The third-order valence-corrected chi connectivity index (χ3v) is 6.51. The van der Waals surface area contributed by atoms with Crippen LogP contribution in [0.4, 0.5) is 33.6 Å². The molecule has 1 aromatic heterocycles. The molecule has 0 unspecified atom stereocenters. The maximum Gasteiger partial charge on any atom is 0.417 e. The monoisotopic (exact) mass is 542 g/mol. The summed E-state index contributed by atoms with van der Waals surface area (Å²) in [7, 11) is 0. The summed E-state index contributed by atoms with van der Waals surface area (Å²) in [6, 6.07) is 6.33. The molecular weight excluding hydrogens is 523 g/mol. The third-order valence-electron chi connectivity index (χ3n) is 6.19. The average molecular weight is 543 g/mol. The summed E-state index contributed by atoms with van der Waals surface area (Å²) in [4.78, 5) is 18.7. The molecule has 196 valence electrons. The van der Waals surface area contributed by atoms with Crippen molar-refractivity contribution in [3.8, 4) is 11.5 Å². The molecule has 7 nitrogen and oxygen atoms in total. The van der Waals surface area contributed by atoms with Gasteiger partial charge in [0.2, 0.25) is 0 Å². The second kappa shape index (κ2) is 9.82. The Kier molecular flexibility index (Phi) is 6.71. The molecule has 0 spiro atoms. The number of anilines is 2. The first-order valence-corrected chi connectivity index (χ1v) is 11.7. The highest BCUT2D eigenvalue weighted by Crippen LogP contribution is 2.38. The molecule has 0 bridgehead atoms. The van der Waals surface area contributed by atoms with Crippen LogP contribution in [0.5, 0.6) is 11.5 Å². The van der Waals surface area contributed by atoms with Crippen LogP contribution in [-0.2, 0) is 24.0 Å². The normalized spacial score (nSPS) is 17.2. The van der Waals surface area contributed by atoms with Crippen molar-refractivity contribution in [1.29, 1.82) is 0 Å². The molecule has 3 aromatic rings. The van der Waals surface area contributed by atoms with Crippen LogP contribution >= 0.6 is 11.6 Å². The number of aromatic nitrogens is 2. The van der Waals surface area contributed by atoms with E-state index in [2.05, 4.69) is 15.2 Å². The van der Waals surface area contributed by atoms with Gasteiger partial charge in [-0.3, -0.25) is 4.57 Å². The minimum Gasteiger partial charge on any atom is -0.451 e. The molecule has 13 heteroatoms. The van der Waals surface area contributed by atoms with E-state index in [4.69, 9.17) is 21.1 Å². The van der Waals surface area contributed by atoms with Gasteiger partial charge in [-0.1, -0.05) is 11.6 Å². The van der Waals surface area contributed by atoms with Crippen LogP contribution in [0.15, 0.2) is 41.2 Å². The molecular formula is C24H20ClF5N4O3. The fourth-order valence-electron chi connectivity index (χ4n) is 4.42. The summed E-state index contributed by atoms with van der Waals surface area (Å²) < 4.78 is 80.2. The number of rotatable bonds is 5. The summed E-state index contributed by atoms with van der Waals surface area (Å²) in [6.45, 7) is 2.22. The van der Waals surface area contributed by atoms with Crippen molar-refractivity contribution in [3.05, 3.63) is 74.7 Å². The number of nitrogens with zero attached hydrogens (tertiary/aromatic N) is 3. The number of hydrogen-bond acceptors (Lipinski definition) is 6. The molecule has 37 heavy (non-hydrogen) atoms. The molecule has 3 heterocycles. The first kappa shape index (κ1) is 25.3. The lowest BCUT2D eigenvalue weighted by Crippen LogP contribution is -2.51. The lowest BCUT2D eigenvalue weighted by atomic mass is 10.1. The molecule has 0 radical (unpaired) electrons. The number of morpholine rings is 1. The summed E-state index contributed by atoms with van der Waals surface area (Å²) in [5.41, 5.74) is -1.33. The third kappa shape index (κ3) is 5.21. The van der Waals surface area contributed by atoms with Crippen LogP contribution in [0.1, 0.15) is 17.5 Å². The minimum absolute atomic E-state index is 0.0529. The van der Waals surface area contributed by atoms with E-state index < -0.39 is 39.8 Å². The lowest BCUT2D eigenvalue weighted by molar-refractivity contribution is -0.137. The summed E-state index contributed by atoms with van der Waals surface area (Å²) >= 11 is 5.64. The first-order chi connectivity index (χ1) is 17.6. The predicted octanol–water partition coefficient (Wildman–Crippen LogP) is 5.21. The molecule has 1 fully saturated rings. The Bertz CT molecular complexity index is 1370. The van der Waals surface area contributed by atoms with Crippen molar-refractivity contribution in [3.63, 3.8) is 0 Å². The number of nitrogens with one attached hydrogen (secondary N) is 1. The Hall–Kier alpha value is -3.38. The van der Waals surface area contributed by atoms with Gasteiger partial charge in [-0.25, -0.2) is 13.6 Å². The highest BCUT2D eigenvalue weighted by atomic mass is 35.5. The highest BCUT2D eigenvalue weighted by Gasteiger charge is 2.33. The molecule has 1 atom stereocenters. The zero-order valence-electron chi connectivity index (χ0n) is 19.1. The van der Waals surface area contributed by atoms with Gasteiger partial charge in [-0.2, -0.15) is 18.2 Å². The second-order valence-electron chi connectivity index (χ2n) is 8.63. The Morgan fingerprint density at radius 2 is 1.89 bits per heavy atom. The molecule has 1 saturated heterocycles. The van der Waals surface area contributed by atoms with Crippen LogP contribution < -0.4 is 20.6 Å². The number of alkyl halides is 3. The van der Waals surface area contributed by atoms with Gasteiger partial charge < -0.3 is 19.7 Å². The zero-order valence-corrected chi connectivity index (χ0v) is 19.9. The molecule has 5 rings (SSSR count). The molecule has 0 amide bonds. The van der Waals surface area contributed by atoms with E-state index in [-0.39, 0.29) is 29.7 Å². The number of hydrogen-bond donors (Lipinski definition) is 1. The molecule has 2 aliphatic heterocycles. The van der Waals surface area contributed by atoms with Crippen LogP contribution in [0.2, 0.25) is 5.02 Å². The molecule has 0 saturated carbocycles. The van der Waals surface area contributed by atoms with Crippen LogP contribution in [0, 0.1) is 11.6 Å². The van der Waals surface area contributed by atoms with Crippen molar-refractivity contribution in [2.45, 2.75) is 31.7 Å². The Balaban J connectivity index is 1.32. The quantitative estimate of drug-likeness (QED) is 0.447. The average Bonchev–Trinajstić information content (AvgIpc) is 2.84. The summed E-state index contributed by atoms with van der Waals surface area (Å²) in [6.07, 6.45) is -3.91. The SMILES string of the molecule is O=c1nc(NCc2cc(F)c(Oc3ccc(C(F)(F)F)c(Cl)c3)c(F)c2)cc2n1CC[C@@H]1COCCN21. The lowest BCUT2D eigenvalue weighted by Gasteiger charge is -2.41. The van der Waals surface area contributed by atoms with E-state index in [1.54, 1.807) is 10.6 Å². The van der Waals surface area contributed by atoms with E-state index in [9.17, 15) is 26.7 Å². The van der Waals surface area contributed by atoms with Crippen molar-refractivity contribution >= 4 is 23.2 Å². The van der Waals surface area contributed by atoms with Crippen molar-refractivity contribution in [2.75, 3.05) is 30.0 Å². The van der Waals surface area contributed by atoms with E-state index >= 15 is 0 Å². The first-order valence-electron chi connectivity index (χ1n) is 11.3. The Morgan fingerprint density at radius 1 is 1.14 bits per heavy atom. The smallest absolute Gasteiger partial charge is 0.417 e. The maximum atomic E-state index is 14.7. The Morgan fingerprint density at radius 3 is 2.59 bits per heavy atom. The molecule has 0 aliphatic carbocycles. The van der Waals surface area contributed by atoms with Crippen molar-refractivity contribution in [1.82, 2.24) is 9.55 Å². The van der Waals surface area contributed by atoms with E-state index in [1.807, 2.05) is 0 Å². The summed E-state index contributed by atoms with van der Waals surface area (Å²) in [5, 5.41) is 2.25. The van der Waals surface area contributed by atoms with Crippen LogP contribution in [0.25, 0.3) is 0 Å². The van der Waals surface area contributed by atoms with Gasteiger partial charge in [0.05, 0.1) is 29.8 Å². The van der Waals surface area contributed by atoms with Crippen LogP contribution in [-0.4, -0.2) is 35.4 Å². The Labute approximate surface area is 212 Å². The van der Waals surface area contributed by atoms with Crippen molar-refractivity contribution in [2.24, 2.45) is 0 Å². The van der Waals surface area contributed by atoms with Crippen LogP contribution in [0.3, 0.4) is 0 Å². The number of ether oxygens (including phenoxy) is 2. The second-order valence-corrected chi connectivity index (χ2v) is 9.04. The highest BCUT2D eigenvalue weighted by molar-refractivity contribution is 6.31. The standard InChI is InChI=1S/C24H20ClF5N4O3/c25-17-9-15(1-2-16(17)24(28,29)30)37-22-18(26)7-13(8-19(22)27)11-31-20-10-21-33-5-6-36-12-14(33)3-4-34(21)23(35)32-20/h1-2,7-10,14H,3-6,11-12H2,(H,31,32,35)/t14-/m1/s1. The van der Waals surface area contributed by atoms with Gasteiger partial charge in [0, 0.05) is 31.8 Å². The molecule has 2 aliphatic rings. The van der Waals surface area contributed by atoms with Crippen molar-refractivity contribution < 1.29 is 31.4 Å². The van der Waals surface area contributed by atoms with Gasteiger partial charge >= 0.3 is 11.9 Å². The number of halogens is 6. The minimum atomic E-state index is -4.68. The fraction of sp³-hybridized carbons (Fsp3) is 0.333. The topological polar surface area (TPSA) is 68.6 Å². The van der Waals surface area contributed by atoms with Gasteiger partial charge in [-0.15, -0.1) is 0 Å². The van der Waals surface area contributed by atoms with Gasteiger partial charge in [-0.05, 0) is 36.2 Å². The molecule has 1 N–H and O–H groups in total.